The summed E-state index contributed by atoms with van der Waals surface area (Å²) in [6.07, 6.45) is 4.33. The molecule has 5 heteroatoms. The van der Waals surface area contributed by atoms with Crippen molar-refractivity contribution in [1.29, 1.82) is 0 Å². The minimum Gasteiger partial charge on any atom is -0.328 e. The number of benzene rings is 1. The maximum atomic E-state index is 12.1. The van der Waals surface area contributed by atoms with Crippen LogP contribution < -0.4 is 11.3 Å². The first-order chi connectivity index (χ1) is 10.1. The van der Waals surface area contributed by atoms with Gasteiger partial charge in [-0.2, -0.15) is 0 Å². The normalized spacial score (nSPS) is 22.8. The highest BCUT2D eigenvalue weighted by molar-refractivity contribution is 5.73. The zero-order chi connectivity index (χ0) is 14.8. The fourth-order valence-corrected chi connectivity index (χ4v) is 3.08. The molecule has 21 heavy (non-hydrogen) atoms. The zero-order valence-corrected chi connectivity index (χ0v) is 12.4. The summed E-state index contributed by atoms with van der Waals surface area (Å²) in [5.74, 6) is 0. The van der Waals surface area contributed by atoms with Gasteiger partial charge in [-0.1, -0.05) is 12.1 Å². The summed E-state index contributed by atoms with van der Waals surface area (Å²) in [4.78, 5) is 21.8. The van der Waals surface area contributed by atoms with Crippen LogP contribution >= 0.6 is 0 Å². The molecule has 112 valence electrons. The van der Waals surface area contributed by atoms with Crippen molar-refractivity contribution in [3.8, 4) is 0 Å². The number of nitrogens with one attached hydrogen (secondary N) is 1. The van der Waals surface area contributed by atoms with Crippen molar-refractivity contribution >= 4 is 11.0 Å². The van der Waals surface area contributed by atoms with Crippen molar-refractivity contribution in [1.82, 2.24) is 14.9 Å². The van der Waals surface area contributed by atoms with Crippen LogP contribution in [0.4, 0.5) is 0 Å². The summed E-state index contributed by atoms with van der Waals surface area (Å²) in [6, 6.07) is 8.48. The first-order valence-electron chi connectivity index (χ1n) is 7.57. The average Bonchev–Trinajstić information content (AvgIpc) is 2.48. The lowest BCUT2D eigenvalue weighted by molar-refractivity contribution is 0.174. The third-order valence-corrected chi connectivity index (χ3v) is 4.43. The Balaban J connectivity index is 1.78. The van der Waals surface area contributed by atoms with E-state index in [2.05, 4.69) is 21.9 Å². The van der Waals surface area contributed by atoms with Gasteiger partial charge in [-0.3, -0.25) is 9.69 Å². The molecule has 0 spiro atoms. The number of aromatic amines is 1. The molecule has 1 aromatic heterocycles. The predicted octanol–water partition coefficient (Wildman–Crippen LogP) is 1.62. The minimum absolute atomic E-state index is 0.0898. The second-order valence-corrected chi connectivity index (χ2v) is 6.01. The van der Waals surface area contributed by atoms with Gasteiger partial charge in [-0.05, 0) is 44.9 Å². The average molecular weight is 286 g/mol. The summed E-state index contributed by atoms with van der Waals surface area (Å²) in [7, 11) is 2.07. The number of fused-ring (bicyclic) bond motifs is 1. The van der Waals surface area contributed by atoms with E-state index >= 15 is 0 Å². The van der Waals surface area contributed by atoms with Crippen LogP contribution in [0.1, 0.15) is 31.4 Å². The van der Waals surface area contributed by atoms with E-state index in [1.54, 1.807) is 0 Å². The Morgan fingerprint density at radius 3 is 2.76 bits per heavy atom. The van der Waals surface area contributed by atoms with Gasteiger partial charge in [0.25, 0.3) is 5.56 Å². The summed E-state index contributed by atoms with van der Waals surface area (Å²) >= 11 is 0. The number of rotatable bonds is 3. The Morgan fingerprint density at radius 1 is 1.29 bits per heavy atom. The van der Waals surface area contributed by atoms with Gasteiger partial charge in [-0.25, -0.2) is 4.98 Å². The van der Waals surface area contributed by atoms with Gasteiger partial charge in [0.15, 0.2) is 0 Å². The molecule has 1 aromatic carbocycles. The highest BCUT2D eigenvalue weighted by Gasteiger charge is 2.22. The lowest BCUT2D eigenvalue weighted by Crippen LogP contribution is -2.39. The van der Waals surface area contributed by atoms with Gasteiger partial charge in [0.2, 0.25) is 0 Å². The largest absolute Gasteiger partial charge is 0.328 e. The van der Waals surface area contributed by atoms with Crippen molar-refractivity contribution < 1.29 is 0 Å². The molecule has 5 nitrogen and oxygen atoms in total. The molecule has 1 fully saturated rings. The Morgan fingerprint density at radius 2 is 2.00 bits per heavy atom. The van der Waals surface area contributed by atoms with E-state index in [0.717, 1.165) is 36.7 Å². The monoisotopic (exact) mass is 286 g/mol. The van der Waals surface area contributed by atoms with Crippen molar-refractivity contribution in [2.75, 3.05) is 7.05 Å². The Kier molecular flexibility index (Phi) is 4.03. The predicted molar refractivity (Wildman–Crippen MR) is 84.1 cm³/mol. The standard InChI is InChI=1S/C16H22N4O/c1-20(12-8-6-11(17)7-9-12)10-15-16(21)19-14-5-3-2-4-13(14)18-15/h2-5,11-12H,6-10,17H2,1H3,(H,19,21). The lowest BCUT2D eigenvalue weighted by Gasteiger charge is -2.33. The van der Waals surface area contributed by atoms with Crippen molar-refractivity contribution in [3.63, 3.8) is 0 Å². The van der Waals surface area contributed by atoms with Gasteiger partial charge < -0.3 is 10.7 Å². The molecule has 1 aliphatic rings. The van der Waals surface area contributed by atoms with Crippen molar-refractivity contribution in [2.24, 2.45) is 5.73 Å². The fourth-order valence-electron chi connectivity index (χ4n) is 3.08. The molecule has 1 aliphatic carbocycles. The molecule has 0 unspecified atom stereocenters. The van der Waals surface area contributed by atoms with E-state index in [1.807, 2.05) is 24.3 Å². The molecule has 0 radical (unpaired) electrons. The molecule has 0 aliphatic heterocycles. The number of nitrogens with zero attached hydrogens (tertiary/aromatic N) is 2. The highest BCUT2D eigenvalue weighted by Crippen LogP contribution is 2.22. The van der Waals surface area contributed by atoms with E-state index < -0.39 is 0 Å². The second-order valence-electron chi connectivity index (χ2n) is 6.01. The number of para-hydroxylation sites is 2. The van der Waals surface area contributed by atoms with Crippen LogP contribution in [0.25, 0.3) is 11.0 Å². The minimum atomic E-state index is -0.0898. The molecule has 0 saturated heterocycles. The van der Waals surface area contributed by atoms with Crippen LogP contribution in [0.5, 0.6) is 0 Å². The Bertz CT molecular complexity index is 673. The van der Waals surface area contributed by atoms with E-state index in [4.69, 9.17) is 5.73 Å². The molecule has 2 aromatic rings. The van der Waals surface area contributed by atoms with Gasteiger partial charge in [-0.15, -0.1) is 0 Å². The van der Waals surface area contributed by atoms with E-state index in [1.165, 1.54) is 0 Å². The first kappa shape index (κ1) is 14.2. The number of nitrogens with two attached hydrogens (primary N) is 1. The molecular formula is C16H22N4O. The molecule has 0 bridgehead atoms. The van der Waals surface area contributed by atoms with E-state index in [9.17, 15) is 4.79 Å². The highest BCUT2D eigenvalue weighted by atomic mass is 16.1. The molecule has 1 heterocycles. The van der Waals surface area contributed by atoms with Crippen molar-refractivity contribution in [2.45, 2.75) is 44.3 Å². The van der Waals surface area contributed by atoms with E-state index in [-0.39, 0.29) is 5.56 Å². The molecule has 3 N–H and O–H groups in total. The van der Waals surface area contributed by atoms with Crippen molar-refractivity contribution in [3.05, 3.63) is 40.3 Å². The van der Waals surface area contributed by atoms with Crippen LogP contribution in [0.2, 0.25) is 0 Å². The zero-order valence-electron chi connectivity index (χ0n) is 12.4. The summed E-state index contributed by atoms with van der Waals surface area (Å²) in [5.41, 5.74) is 8.08. The number of hydrogen-bond donors (Lipinski definition) is 2. The van der Waals surface area contributed by atoms with Crippen LogP contribution in [0.3, 0.4) is 0 Å². The Hall–Kier alpha value is -1.72. The quantitative estimate of drug-likeness (QED) is 0.899. The number of hydrogen-bond acceptors (Lipinski definition) is 4. The fraction of sp³-hybridized carbons (Fsp3) is 0.500. The number of aromatic nitrogens is 2. The van der Waals surface area contributed by atoms with Crippen LogP contribution in [0.15, 0.2) is 29.1 Å². The first-order valence-corrected chi connectivity index (χ1v) is 7.57. The van der Waals surface area contributed by atoms with Gasteiger partial charge in [0.1, 0.15) is 5.69 Å². The molecule has 0 atom stereocenters. The smallest absolute Gasteiger partial charge is 0.271 e. The van der Waals surface area contributed by atoms with Crippen LogP contribution in [-0.4, -0.2) is 34.0 Å². The van der Waals surface area contributed by atoms with Gasteiger partial charge in [0, 0.05) is 18.6 Å². The van der Waals surface area contributed by atoms with Gasteiger partial charge in [0.05, 0.1) is 11.0 Å². The Labute approximate surface area is 124 Å². The molecular weight excluding hydrogens is 264 g/mol. The summed E-state index contributed by atoms with van der Waals surface area (Å²) in [6.45, 7) is 0.583. The van der Waals surface area contributed by atoms with E-state index in [0.29, 0.717) is 24.3 Å². The third-order valence-electron chi connectivity index (χ3n) is 4.43. The maximum absolute atomic E-state index is 12.1. The maximum Gasteiger partial charge on any atom is 0.271 e. The topological polar surface area (TPSA) is 75.0 Å². The third kappa shape index (κ3) is 3.14. The van der Waals surface area contributed by atoms with Crippen LogP contribution in [0, 0.1) is 0 Å². The molecule has 1 saturated carbocycles. The summed E-state index contributed by atoms with van der Waals surface area (Å²) in [5, 5.41) is 0. The molecule has 0 amide bonds. The van der Waals surface area contributed by atoms with Crippen LogP contribution in [-0.2, 0) is 6.54 Å². The van der Waals surface area contributed by atoms with Gasteiger partial charge >= 0.3 is 0 Å². The SMILES string of the molecule is CN(Cc1nc2ccccc2[nH]c1=O)C1CCC(N)CC1. The second kappa shape index (κ2) is 5.95. The number of H-pyrrole nitrogens is 1. The lowest BCUT2D eigenvalue weighted by atomic mass is 9.91. The summed E-state index contributed by atoms with van der Waals surface area (Å²) < 4.78 is 0. The molecule has 3 rings (SSSR count).